The van der Waals surface area contributed by atoms with Gasteiger partial charge in [-0.2, -0.15) is 0 Å². The molecule has 5 rings (SSSR count). The average Bonchev–Trinajstić information content (AvgIpc) is 3.27. The number of aromatic nitrogens is 2. The molecule has 0 aliphatic carbocycles. The Labute approximate surface area is 199 Å². The van der Waals surface area contributed by atoms with E-state index in [0.29, 0.717) is 5.56 Å². The molecule has 0 atom stereocenters. The van der Waals surface area contributed by atoms with Crippen molar-refractivity contribution in [3.8, 4) is 28.0 Å². The largest absolute Gasteiger partial charge is 0.497 e. The van der Waals surface area contributed by atoms with Crippen molar-refractivity contribution in [1.29, 1.82) is 0 Å². The van der Waals surface area contributed by atoms with Crippen LogP contribution in [0.15, 0.2) is 67.1 Å². The molecule has 1 aliphatic heterocycles. The molecule has 0 spiro atoms. The summed E-state index contributed by atoms with van der Waals surface area (Å²) in [5.74, 6) is -0.136. The highest BCUT2D eigenvalue weighted by Gasteiger charge is 2.19. The number of carboxylic acids is 1. The Morgan fingerprint density at radius 2 is 1.76 bits per heavy atom. The second-order valence-electron chi connectivity index (χ2n) is 8.84. The third-order valence-electron chi connectivity index (χ3n) is 6.69. The smallest absolute Gasteiger partial charge is 0.336 e. The molecule has 0 amide bonds. The molecule has 6 heteroatoms. The Bertz CT molecular complexity index is 1320. The van der Waals surface area contributed by atoms with Crippen LogP contribution in [-0.2, 0) is 6.54 Å². The number of fused-ring (bicyclic) bond motifs is 1. The first-order valence-electron chi connectivity index (χ1n) is 11.8. The number of nitrogens with zero attached hydrogens (tertiary/aromatic N) is 3. The van der Waals surface area contributed by atoms with E-state index in [1.165, 1.54) is 19.3 Å². The van der Waals surface area contributed by atoms with Crippen LogP contribution in [0.2, 0.25) is 0 Å². The van der Waals surface area contributed by atoms with Crippen LogP contribution in [0.3, 0.4) is 0 Å². The summed E-state index contributed by atoms with van der Waals surface area (Å²) in [6.45, 7) is 4.06. The Kier molecular flexibility index (Phi) is 6.32. The zero-order chi connectivity index (χ0) is 23.5. The first-order chi connectivity index (χ1) is 16.6. The van der Waals surface area contributed by atoms with Gasteiger partial charge in [-0.25, -0.2) is 4.79 Å². The number of piperidine rings is 1. The number of hydrogen-bond donors (Lipinski definition) is 1. The summed E-state index contributed by atoms with van der Waals surface area (Å²) in [4.78, 5) is 19.1. The summed E-state index contributed by atoms with van der Waals surface area (Å²) in [6, 6.07) is 15.5. The highest BCUT2D eigenvalue weighted by Crippen LogP contribution is 2.35. The van der Waals surface area contributed by atoms with Crippen molar-refractivity contribution in [2.24, 2.45) is 0 Å². The maximum Gasteiger partial charge on any atom is 0.336 e. The Morgan fingerprint density at radius 1 is 0.971 bits per heavy atom. The molecule has 0 unspecified atom stereocenters. The van der Waals surface area contributed by atoms with Gasteiger partial charge in [0.1, 0.15) is 5.75 Å². The molecular formula is C28H29N3O3. The topological polar surface area (TPSA) is 67.6 Å². The number of benzene rings is 2. The molecule has 2 aromatic heterocycles. The number of methoxy groups -OCH3 is 1. The molecule has 174 valence electrons. The van der Waals surface area contributed by atoms with Gasteiger partial charge in [-0.1, -0.05) is 24.6 Å². The third-order valence-corrected chi connectivity index (χ3v) is 6.69. The molecule has 34 heavy (non-hydrogen) atoms. The summed E-state index contributed by atoms with van der Waals surface area (Å²) in [5.41, 5.74) is 5.01. The molecule has 0 saturated carbocycles. The van der Waals surface area contributed by atoms with Crippen LogP contribution in [0.1, 0.15) is 29.6 Å². The van der Waals surface area contributed by atoms with Crippen LogP contribution < -0.4 is 4.74 Å². The van der Waals surface area contributed by atoms with Crippen molar-refractivity contribution in [3.63, 3.8) is 0 Å². The summed E-state index contributed by atoms with van der Waals surface area (Å²) < 4.78 is 7.58. The molecule has 0 bridgehead atoms. The molecule has 6 nitrogen and oxygen atoms in total. The average molecular weight is 456 g/mol. The van der Waals surface area contributed by atoms with Gasteiger partial charge in [-0.15, -0.1) is 0 Å². The lowest BCUT2D eigenvalue weighted by atomic mass is 9.99. The minimum atomic E-state index is -0.919. The maximum atomic E-state index is 12.1. The van der Waals surface area contributed by atoms with Gasteiger partial charge in [0.15, 0.2) is 0 Å². The summed E-state index contributed by atoms with van der Waals surface area (Å²) >= 11 is 0. The van der Waals surface area contributed by atoms with E-state index in [9.17, 15) is 9.90 Å². The van der Waals surface area contributed by atoms with Crippen molar-refractivity contribution in [2.75, 3.05) is 26.7 Å². The van der Waals surface area contributed by atoms with E-state index < -0.39 is 5.97 Å². The standard InChI is InChI=1S/C28H29N3O3/c1-34-23-8-5-7-20(16-23)21-15-22(18-29-17-21)25-19-31(14-13-30-11-3-2-4-12-30)26-10-6-9-24(27(25)26)28(32)33/h5-10,15-19H,2-4,11-14H2,1H3,(H,32,33). The predicted molar refractivity (Wildman–Crippen MR) is 134 cm³/mol. The number of ether oxygens (including phenoxy) is 1. The SMILES string of the molecule is COc1cccc(-c2cncc(-c3cn(CCN4CCCCC4)c4cccc(C(=O)O)c34)c2)c1. The van der Waals surface area contributed by atoms with Crippen LogP contribution in [0, 0.1) is 0 Å². The zero-order valence-corrected chi connectivity index (χ0v) is 19.4. The molecule has 4 aromatic rings. The lowest BCUT2D eigenvalue weighted by Crippen LogP contribution is -2.32. The monoisotopic (exact) mass is 455 g/mol. The van der Waals surface area contributed by atoms with Crippen molar-refractivity contribution in [2.45, 2.75) is 25.8 Å². The van der Waals surface area contributed by atoms with Crippen molar-refractivity contribution in [3.05, 3.63) is 72.7 Å². The molecule has 0 radical (unpaired) electrons. The number of rotatable bonds is 7. The number of aromatic carboxylic acids is 1. The summed E-state index contributed by atoms with van der Waals surface area (Å²) in [7, 11) is 1.65. The molecule has 1 N–H and O–H groups in total. The highest BCUT2D eigenvalue weighted by molar-refractivity contribution is 6.09. The predicted octanol–water partition coefficient (Wildman–Crippen LogP) is 5.56. The number of likely N-dealkylation sites (tertiary alicyclic amines) is 1. The van der Waals surface area contributed by atoms with E-state index in [-0.39, 0.29) is 0 Å². The fourth-order valence-corrected chi connectivity index (χ4v) is 4.91. The van der Waals surface area contributed by atoms with E-state index in [2.05, 4.69) is 26.7 Å². The molecule has 1 fully saturated rings. The molecule has 1 aliphatic rings. The van der Waals surface area contributed by atoms with Crippen LogP contribution in [-0.4, -0.2) is 52.3 Å². The summed E-state index contributed by atoms with van der Waals surface area (Å²) in [6.07, 6.45) is 9.55. The fraction of sp³-hybridized carbons (Fsp3) is 0.286. The van der Waals surface area contributed by atoms with Crippen LogP contribution in [0.5, 0.6) is 5.75 Å². The van der Waals surface area contributed by atoms with Gasteiger partial charge >= 0.3 is 5.97 Å². The first kappa shape index (κ1) is 22.2. The Balaban J connectivity index is 1.58. The van der Waals surface area contributed by atoms with Crippen molar-refractivity contribution >= 4 is 16.9 Å². The van der Waals surface area contributed by atoms with Gasteiger partial charge < -0.3 is 19.3 Å². The Morgan fingerprint density at radius 3 is 2.56 bits per heavy atom. The van der Waals surface area contributed by atoms with E-state index in [4.69, 9.17) is 4.74 Å². The molecular weight excluding hydrogens is 426 g/mol. The van der Waals surface area contributed by atoms with Gasteiger partial charge in [0.05, 0.1) is 12.7 Å². The Hall–Kier alpha value is -3.64. The summed E-state index contributed by atoms with van der Waals surface area (Å²) in [5, 5.41) is 10.7. The lowest BCUT2D eigenvalue weighted by Gasteiger charge is -2.26. The highest BCUT2D eigenvalue weighted by atomic mass is 16.5. The fourth-order valence-electron chi connectivity index (χ4n) is 4.91. The van der Waals surface area contributed by atoms with E-state index >= 15 is 0 Å². The van der Waals surface area contributed by atoms with Crippen LogP contribution in [0.4, 0.5) is 0 Å². The van der Waals surface area contributed by atoms with E-state index in [1.54, 1.807) is 13.2 Å². The maximum absolute atomic E-state index is 12.1. The number of hydrogen-bond acceptors (Lipinski definition) is 4. The minimum absolute atomic E-state index is 0.316. The van der Waals surface area contributed by atoms with Crippen molar-refractivity contribution in [1.82, 2.24) is 14.5 Å². The van der Waals surface area contributed by atoms with Gasteiger partial charge in [0.2, 0.25) is 0 Å². The van der Waals surface area contributed by atoms with Crippen LogP contribution >= 0.6 is 0 Å². The molecule has 1 saturated heterocycles. The normalized spacial score (nSPS) is 14.4. The number of pyridine rings is 1. The lowest BCUT2D eigenvalue weighted by molar-refractivity contribution is 0.0699. The van der Waals surface area contributed by atoms with Gasteiger partial charge in [0.25, 0.3) is 0 Å². The quantitative estimate of drug-likeness (QED) is 0.395. The molecule has 2 aromatic carbocycles. The van der Waals surface area contributed by atoms with Gasteiger partial charge in [-0.05, 0) is 61.8 Å². The molecule has 3 heterocycles. The zero-order valence-electron chi connectivity index (χ0n) is 19.4. The van der Waals surface area contributed by atoms with Crippen molar-refractivity contribution < 1.29 is 14.6 Å². The second kappa shape index (κ2) is 9.69. The third kappa shape index (κ3) is 4.41. The number of carbonyl (C=O) groups is 1. The van der Waals surface area contributed by atoms with Crippen LogP contribution in [0.25, 0.3) is 33.2 Å². The first-order valence-corrected chi connectivity index (χ1v) is 11.8. The van der Waals surface area contributed by atoms with E-state index in [0.717, 1.165) is 65.1 Å². The number of carboxylic acid groups (broad SMARTS) is 1. The van der Waals surface area contributed by atoms with Gasteiger partial charge in [-0.3, -0.25) is 4.98 Å². The van der Waals surface area contributed by atoms with E-state index in [1.807, 2.05) is 48.8 Å². The van der Waals surface area contributed by atoms with Gasteiger partial charge in [0, 0.05) is 59.3 Å². The second-order valence-corrected chi connectivity index (χ2v) is 8.84. The minimum Gasteiger partial charge on any atom is -0.497 e.